The summed E-state index contributed by atoms with van der Waals surface area (Å²) in [6.45, 7) is 3.51. The Balaban J connectivity index is 1.77. The number of fused-ring (bicyclic) bond motifs is 1. The fourth-order valence-corrected chi connectivity index (χ4v) is 3.31. The van der Waals surface area contributed by atoms with E-state index in [4.69, 9.17) is 5.73 Å². The largest absolute Gasteiger partial charge is 0.368 e. The summed E-state index contributed by atoms with van der Waals surface area (Å²) >= 11 is 3.44. The average molecular weight is 431 g/mol. The number of carbonyl (C=O) groups is 1. The van der Waals surface area contributed by atoms with E-state index in [1.54, 1.807) is 6.20 Å². The molecule has 0 aromatic carbocycles. The summed E-state index contributed by atoms with van der Waals surface area (Å²) in [6.07, 6.45) is 8.95. The molecule has 0 atom stereocenters. The van der Waals surface area contributed by atoms with Gasteiger partial charge in [0, 0.05) is 42.9 Å². The van der Waals surface area contributed by atoms with E-state index in [9.17, 15) is 4.79 Å². The minimum atomic E-state index is 0.122. The average Bonchev–Trinajstić information content (AvgIpc) is 3.01. The molecule has 8 heteroatoms. The lowest BCUT2D eigenvalue weighted by Gasteiger charge is -2.07. The molecule has 0 spiro atoms. The first-order chi connectivity index (χ1) is 13.1. The maximum absolute atomic E-state index is 11.7. The van der Waals surface area contributed by atoms with Gasteiger partial charge in [-0.3, -0.25) is 4.79 Å². The molecule has 0 bridgehead atoms. The van der Waals surface area contributed by atoms with E-state index in [0.717, 1.165) is 52.6 Å². The van der Waals surface area contributed by atoms with E-state index < -0.39 is 0 Å². The maximum atomic E-state index is 11.7. The molecule has 27 heavy (non-hydrogen) atoms. The third-order valence-corrected chi connectivity index (χ3v) is 4.77. The molecule has 3 N–H and O–H groups in total. The summed E-state index contributed by atoms with van der Waals surface area (Å²) in [5, 5.41) is 4.02. The summed E-state index contributed by atoms with van der Waals surface area (Å²) in [7, 11) is 0. The van der Waals surface area contributed by atoms with Crippen LogP contribution in [-0.2, 0) is 11.3 Å². The molecule has 0 saturated carbocycles. The van der Waals surface area contributed by atoms with E-state index >= 15 is 0 Å². The van der Waals surface area contributed by atoms with Gasteiger partial charge in [-0.25, -0.2) is 15.0 Å². The number of rotatable bonds is 8. The first-order valence-electron chi connectivity index (χ1n) is 9.08. The van der Waals surface area contributed by atoms with E-state index in [1.807, 2.05) is 18.3 Å². The van der Waals surface area contributed by atoms with Crippen LogP contribution in [0.25, 0.3) is 22.2 Å². The molecule has 142 valence electrons. The van der Waals surface area contributed by atoms with Gasteiger partial charge in [-0.1, -0.05) is 13.3 Å². The van der Waals surface area contributed by atoms with Gasteiger partial charge in [-0.15, -0.1) is 0 Å². The lowest BCUT2D eigenvalue weighted by molar-refractivity contribution is -0.121. The summed E-state index contributed by atoms with van der Waals surface area (Å²) in [6, 6.07) is 3.82. The molecule has 3 aromatic heterocycles. The number of halogens is 1. The Bertz CT molecular complexity index is 939. The zero-order valence-electron chi connectivity index (χ0n) is 15.3. The second-order valence-corrected chi connectivity index (χ2v) is 7.18. The van der Waals surface area contributed by atoms with Crippen LogP contribution in [-0.4, -0.2) is 32.0 Å². The van der Waals surface area contributed by atoms with E-state index in [0.29, 0.717) is 13.0 Å². The minimum absolute atomic E-state index is 0.122. The Hall–Kier alpha value is -2.48. The number of nitrogens with two attached hydrogens (primary N) is 1. The van der Waals surface area contributed by atoms with Crippen LogP contribution in [0.2, 0.25) is 0 Å². The molecule has 0 radical (unpaired) electrons. The highest BCUT2D eigenvalue weighted by Gasteiger charge is 2.13. The van der Waals surface area contributed by atoms with Gasteiger partial charge < -0.3 is 15.6 Å². The number of pyridine rings is 1. The highest BCUT2D eigenvalue weighted by molar-refractivity contribution is 9.10. The first kappa shape index (κ1) is 19.3. The molecule has 0 fully saturated rings. The van der Waals surface area contributed by atoms with Crippen molar-refractivity contribution < 1.29 is 4.79 Å². The molecule has 0 unspecified atom stereocenters. The Morgan fingerprint density at radius 3 is 2.96 bits per heavy atom. The summed E-state index contributed by atoms with van der Waals surface area (Å²) in [4.78, 5) is 24.4. The van der Waals surface area contributed by atoms with Crippen molar-refractivity contribution in [2.45, 2.75) is 39.2 Å². The number of aromatic nitrogens is 4. The molecule has 3 rings (SSSR count). The van der Waals surface area contributed by atoms with Gasteiger partial charge in [-0.05, 0) is 40.9 Å². The summed E-state index contributed by atoms with van der Waals surface area (Å²) in [5.41, 5.74) is 8.52. The smallest absolute Gasteiger partial charge is 0.220 e. The fourth-order valence-electron chi connectivity index (χ4n) is 2.98. The van der Waals surface area contributed by atoms with Crippen molar-refractivity contribution in [3.63, 3.8) is 0 Å². The van der Waals surface area contributed by atoms with Crippen molar-refractivity contribution in [1.29, 1.82) is 0 Å². The van der Waals surface area contributed by atoms with Crippen molar-refractivity contribution >= 4 is 38.7 Å². The van der Waals surface area contributed by atoms with E-state index in [2.05, 4.69) is 53.9 Å². The van der Waals surface area contributed by atoms with Crippen LogP contribution in [0.5, 0.6) is 0 Å². The number of hydrogen-bond donors (Lipinski definition) is 2. The third kappa shape index (κ3) is 4.82. The summed E-state index contributed by atoms with van der Waals surface area (Å²) < 4.78 is 2.90. The summed E-state index contributed by atoms with van der Waals surface area (Å²) in [5.74, 6) is 0.369. The van der Waals surface area contributed by atoms with Crippen molar-refractivity contribution in [2.75, 3.05) is 12.3 Å². The van der Waals surface area contributed by atoms with Crippen LogP contribution in [0.15, 0.2) is 35.3 Å². The molecular weight excluding hydrogens is 408 g/mol. The number of nitrogens with zero attached hydrogens (tertiary/aromatic N) is 4. The Morgan fingerprint density at radius 2 is 2.19 bits per heavy atom. The molecule has 0 aliphatic heterocycles. The molecule has 7 nitrogen and oxygen atoms in total. The van der Waals surface area contributed by atoms with Crippen molar-refractivity contribution in [3.8, 4) is 11.3 Å². The van der Waals surface area contributed by atoms with Crippen LogP contribution in [0.4, 0.5) is 5.95 Å². The quantitative estimate of drug-likeness (QED) is 0.420. The van der Waals surface area contributed by atoms with E-state index in [-0.39, 0.29) is 11.9 Å². The highest BCUT2D eigenvalue weighted by atomic mass is 79.9. The first-order valence-corrected chi connectivity index (χ1v) is 9.87. The molecule has 3 heterocycles. The van der Waals surface area contributed by atoms with Gasteiger partial charge in [0.2, 0.25) is 11.9 Å². The van der Waals surface area contributed by atoms with Crippen LogP contribution < -0.4 is 11.1 Å². The molecule has 0 saturated heterocycles. The van der Waals surface area contributed by atoms with Gasteiger partial charge in [0.25, 0.3) is 0 Å². The van der Waals surface area contributed by atoms with Gasteiger partial charge in [-0.2, -0.15) is 0 Å². The number of nitrogen functional groups attached to an aromatic ring is 1. The van der Waals surface area contributed by atoms with Crippen LogP contribution in [0, 0.1) is 0 Å². The van der Waals surface area contributed by atoms with Gasteiger partial charge in [0.05, 0.1) is 17.4 Å². The zero-order chi connectivity index (χ0) is 19.2. The van der Waals surface area contributed by atoms with Gasteiger partial charge in [0.1, 0.15) is 4.60 Å². The number of unbranched alkanes of at least 4 members (excludes halogenated alkanes) is 1. The van der Waals surface area contributed by atoms with Crippen molar-refractivity contribution in [3.05, 3.63) is 35.3 Å². The molecule has 0 aliphatic rings. The number of carbonyl (C=O) groups excluding carboxylic acids is 1. The van der Waals surface area contributed by atoms with Crippen LogP contribution >= 0.6 is 15.9 Å². The number of hydrogen-bond acceptors (Lipinski definition) is 5. The SMILES string of the molecule is CCCCC(=O)NCCCn1cc(-c2ccnc(N)n2)c2cc(Br)ncc21. The lowest BCUT2D eigenvalue weighted by atomic mass is 10.1. The standard InChI is InChI=1S/C19H23BrN6O/c1-2-3-5-18(27)22-7-4-9-26-12-14(15-6-8-23-19(21)25-15)13-10-17(20)24-11-16(13)26/h6,8,10-12H,2-5,7,9H2,1H3,(H,22,27)(H2,21,23,25). The Labute approximate surface area is 166 Å². The molecule has 1 amide bonds. The predicted molar refractivity (Wildman–Crippen MR) is 110 cm³/mol. The minimum Gasteiger partial charge on any atom is -0.368 e. The highest BCUT2D eigenvalue weighted by Crippen LogP contribution is 2.31. The van der Waals surface area contributed by atoms with Crippen LogP contribution in [0.3, 0.4) is 0 Å². The predicted octanol–water partition coefficient (Wildman–Crippen LogP) is 3.53. The number of anilines is 1. The maximum Gasteiger partial charge on any atom is 0.220 e. The normalized spacial score (nSPS) is 11.0. The monoisotopic (exact) mass is 430 g/mol. The molecular formula is C19H23BrN6O. The topological polar surface area (TPSA) is 98.7 Å². The van der Waals surface area contributed by atoms with Gasteiger partial charge in [0.15, 0.2) is 0 Å². The fraction of sp³-hybridized carbons (Fsp3) is 0.368. The second kappa shape index (κ2) is 8.94. The lowest BCUT2D eigenvalue weighted by Crippen LogP contribution is -2.24. The Kier molecular flexibility index (Phi) is 6.39. The number of aryl methyl sites for hydroxylation is 1. The second-order valence-electron chi connectivity index (χ2n) is 6.37. The Morgan fingerprint density at radius 1 is 1.33 bits per heavy atom. The third-order valence-electron chi connectivity index (χ3n) is 4.34. The van der Waals surface area contributed by atoms with Crippen molar-refractivity contribution in [2.24, 2.45) is 0 Å². The van der Waals surface area contributed by atoms with Gasteiger partial charge >= 0.3 is 0 Å². The van der Waals surface area contributed by atoms with Crippen LogP contribution in [0.1, 0.15) is 32.6 Å². The van der Waals surface area contributed by atoms with E-state index in [1.165, 1.54) is 0 Å². The molecule has 3 aromatic rings. The molecule has 0 aliphatic carbocycles. The zero-order valence-corrected chi connectivity index (χ0v) is 16.9. The number of nitrogens with one attached hydrogen (secondary N) is 1. The van der Waals surface area contributed by atoms with Crippen molar-refractivity contribution in [1.82, 2.24) is 24.8 Å². The number of amides is 1.